The monoisotopic (exact) mass is 344 g/mol. The van der Waals surface area contributed by atoms with E-state index in [0.717, 1.165) is 19.6 Å². The van der Waals surface area contributed by atoms with Crippen molar-refractivity contribution in [2.45, 2.75) is 13.0 Å². The smallest absolute Gasteiger partial charge is 0.255 e. The zero-order chi connectivity index (χ0) is 13.9. The Bertz CT molecular complexity index is 589. The maximum absolute atomic E-state index is 12.4. The molecule has 1 fully saturated rings. The molecule has 0 radical (unpaired) electrons. The number of hydrogen-bond donors (Lipinski definition) is 1. The normalized spacial score (nSPS) is 17.3. The standard InChI is InChI=1S/C13H16N6O.2ClH/c1-10-6-14-4-5-18(10)13(20)11-2-3-12(16-7-11)19-9-15-8-17-19;;/h2-3,7-10,14H,4-6H2,1H3;2*1H/t10-;;/m1../s1. The van der Waals surface area contributed by atoms with Crippen molar-refractivity contribution >= 4 is 30.7 Å². The molecule has 3 rings (SSSR count). The summed E-state index contributed by atoms with van der Waals surface area (Å²) in [4.78, 5) is 22.4. The summed E-state index contributed by atoms with van der Waals surface area (Å²) in [5.74, 6) is 0.670. The third kappa shape index (κ3) is 3.73. The predicted molar refractivity (Wildman–Crippen MR) is 87.0 cm³/mol. The first-order valence-corrected chi connectivity index (χ1v) is 6.58. The molecule has 3 heterocycles. The Morgan fingerprint density at radius 2 is 2.18 bits per heavy atom. The summed E-state index contributed by atoms with van der Waals surface area (Å²) >= 11 is 0. The number of nitrogens with zero attached hydrogens (tertiary/aromatic N) is 5. The van der Waals surface area contributed by atoms with E-state index in [1.807, 2.05) is 11.8 Å². The number of nitrogens with one attached hydrogen (secondary N) is 1. The number of rotatable bonds is 2. The minimum atomic E-state index is 0. The Labute approximate surface area is 140 Å². The van der Waals surface area contributed by atoms with E-state index in [1.165, 1.54) is 6.33 Å². The van der Waals surface area contributed by atoms with Gasteiger partial charge >= 0.3 is 0 Å². The molecule has 0 aliphatic carbocycles. The highest BCUT2D eigenvalue weighted by atomic mass is 35.5. The molecular weight excluding hydrogens is 327 g/mol. The molecule has 1 atom stereocenters. The first-order valence-electron chi connectivity index (χ1n) is 6.58. The molecule has 1 aliphatic rings. The average molecular weight is 345 g/mol. The van der Waals surface area contributed by atoms with Crippen LogP contribution in [0.3, 0.4) is 0 Å². The van der Waals surface area contributed by atoms with Gasteiger partial charge < -0.3 is 10.2 Å². The maximum atomic E-state index is 12.4. The van der Waals surface area contributed by atoms with E-state index in [1.54, 1.807) is 29.3 Å². The fourth-order valence-electron chi connectivity index (χ4n) is 2.28. The van der Waals surface area contributed by atoms with Gasteiger partial charge in [0.15, 0.2) is 5.82 Å². The molecule has 0 saturated carbocycles. The van der Waals surface area contributed by atoms with Crippen molar-refractivity contribution in [1.29, 1.82) is 0 Å². The van der Waals surface area contributed by atoms with E-state index in [-0.39, 0.29) is 36.8 Å². The summed E-state index contributed by atoms with van der Waals surface area (Å²) in [6.07, 6.45) is 4.61. The van der Waals surface area contributed by atoms with Crippen LogP contribution in [0.1, 0.15) is 17.3 Å². The molecular formula is C13H18Cl2N6O. The highest BCUT2D eigenvalue weighted by Gasteiger charge is 2.24. The SMILES string of the molecule is C[C@@H]1CNCCN1C(=O)c1ccc(-n2cncn2)nc1.Cl.Cl. The predicted octanol–water partition coefficient (Wildman–Crippen LogP) is 0.940. The van der Waals surface area contributed by atoms with Gasteiger partial charge in [0, 0.05) is 31.9 Å². The third-order valence-electron chi connectivity index (χ3n) is 3.41. The van der Waals surface area contributed by atoms with Gasteiger partial charge in [-0.15, -0.1) is 24.8 Å². The zero-order valence-electron chi connectivity index (χ0n) is 12.0. The second-order valence-electron chi connectivity index (χ2n) is 4.80. The number of hydrogen-bond acceptors (Lipinski definition) is 5. The molecule has 1 saturated heterocycles. The molecule has 120 valence electrons. The highest BCUT2D eigenvalue weighted by Crippen LogP contribution is 2.11. The largest absolute Gasteiger partial charge is 0.333 e. The van der Waals surface area contributed by atoms with Crippen molar-refractivity contribution in [1.82, 2.24) is 30.0 Å². The summed E-state index contributed by atoms with van der Waals surface area (Å²) in [7, 11) is 0. The van der Waals surface area contributed by atoms with Crippen molar-refractivity contribution in [3.05, 3.63) is 36.5 Å². The van der Waals surface area contributed by atoms with Crippen LogP contribution < -0.4 is 5.32 Å². The zero-order valence-corrected chi connectivity index (χ0v) is 13.7. The first kappa shape index (κ1) is 18.3. The molecule has 2 aromatic rings. The van der Waals surface area contributed by atoms with Crippen molar-refractivity contribution in [2.75, 3.05) is 19.6 Å². The summed E-state index contributed by atoms with van der Waals surface area (Å²) in [6.45, 7) is 4.43. The molecule has 0 spiro atoms. The fourth-order valence-corrected chi connectivity index (χ4v) is 2.28. The maximum Gasteiger partial charge on any atom is 0.255 e. The minimum Gasteiger partial charge on any atom is -0.333 e. The van der Waals surface area contributed by atoms with Crippen LogP contribution in [0, 0.1) is 0 Å². The molecule has 7 nitrogen and oxygen atoms in total. The lowest BCUT2D eigenvalue weighted by atomic mass is 10.1. The van der Waals surface area contributed by atoms with Gasteiger partial charge in [0.1, 0.15) is 12.7 Å². The Morgan fingerprint density at radius 3 is 2.77 bits per heavy atom. The van der Waals surface area contributed by atoms with Crippen LogP contribution in [-0.2, 0) is 0 Å². The number of piperazine rings is 1. The minimum absolute atomic E-state index is 0. The van der Waals surface area contributed by atoms with E-state index in [2.05, 4.69) is 20.4 Å². The lowest BCUT2D eigenvalue weighted by molar-refractivity contribution is 0.0655. The summed E-state index contributed by atoms with van der Waals surface area (Å²) in [5.41, 5.74) is 0.600. The number of amides is 1. The summed E-state index contributed by atoms with van der Waals surface area (Å²) in [6, 6.07) is 3.75. The molecule has 1 amide bonds. The van der Waals surface area contributed by atoms with Crippen LogP contribution in [-0.4, -0.2) is 56.2 Å². The second-order valence-corrected chi connectivity index (χ2v) is 4.80. The molecule has 0 unspecified atom stereocenters. The van der Waals surface area contributed by atoms with Crippen LogP contribution in [0.5, 0.6) is 0 Å². The van der Waals surface area contributed by atoms with Gasteiger partial charge in [0.05, 0.1) is 5.56 Å². The Balaban J connectivity index is 0.00000121. The van der Waals surface area contributed by atoms with E-state index < -0.39 is 0 Å². The first-order chi connectivity index (χ1) is 9.75. The van der Waals surface area contributed by atoms with Crippen molar-refractivity contribution in [3.63, 3.8) is 0 Å². The van der Waals surface area contributed by atoms with Gasteiger partial charge in [0.2, 0.25) is 0 Å². The third-order valence-corrected chi connectivity index (χ3v) is 3.41. The molecule has 1 N–H and O–H groups in total. The van der Waals surface area contributed by atoms with Gasteiger partial charge in [-0.1, -0.05) is 0 Å². The van der Waals surface area contributed by atoms with Gasteiger partial charge in [-0.05, 0) is 19.1 Å². The lowest BCUT2D eigenvalue weighted by Gasteiger charge is -2.33. The van der Waals surface area contributed by atoms with Gasteiger partial charge in [-0.25, -0.2) is 14.6 Å². The Hall–Kier alpha value is -1.70. The molecule has 2 aromatic heterocycles. The van der Waals surface area contributed by atoms with E-state index in [4.69, 9.17) is 0 Å². The quantitative estimate of drug-likeness (QED) is 0.877. The topological polar surface area (TPSA) is 75.9 Å². The van der Waals surface area contributed by atoms with Crippen molar-refractivity contribution < 1.29 is 4.79 Å². The second kappa shape index (κ2) is 8.07. The number of pyridine rings is 1. The van der Waals surface area contributed by atoms with Crippen LogP contribution >= 0.6 is 24.8 Å². The highest BCUT2D eigenvalue weighted by molar-refractivity contribution is 5.94. The van der Waals surface area contributed by atoms with Crippen LogP contribution in [0.2, 0.25) is 0 Å². The van der Waals surface area contributed by atoms with Crippen LogP contribution in [0.25, 0.3) is 5.82 Å². The molecule has 22 heavy (non-hydrogen) atoms. The van der Waals surface area contributed by atoms with E-state index in [0.29, 0.717) is 11.4 Å². The van der Waals surface area contributed by atoms with Crippen LogP contribution in [0.15, 0.2) is 31.0 Å². The average Bonchev–Trinajstić information content (AvgIpc) is 3.01. The number of carbonyl (C=O) groups is 1. The number of carbonyl (C=O) groups excluding carboxylic acids is 1. The Kier molecular flexibility index (Phi) is 6.73. The van der Waals surface area contributed by atoms with Crippen molar-refractivity contribution in [3.8, 4) is 5.82 Å². The number of aromatic nitrogens is 4. The molecule has 0 bridgehead atoms. The van der Waals surface area contributed by atoms with E-state index >= 15 is 0 Å². The molecule has 0 aromatic carbocycles. The summed E-state index contributed by atoms with van der Waals surface area (Å²) in [5, 5.41) is 7.27. The van der Waals surface area contributed by atoms with E-state index in [9.17, 15) is 4.79 Å². The van der Waals surface area contributed by atoms with Crippen molar-refractivity contribution in [2.24, 2.45) is 0 Å². The van der Waals surface area contributed by atoms with Crippen LogP contribution in [0.4, 0.5) is 0 Å². The lowest BCUT2D eigenvalue weighted by Crippen LogP contribution is -2.52. The molecule has 9 heteroatoms. The fraction of sp³-hybridized carbons (Fsp3) is 0.385. The molecule has 1 aliphatic heterocycles. The van der Waals surface area contributed by atoms with Gasteiger partial charge in [-0.2, -0.15) is 5.10 Å². The number of halogens is 2. The Morgan fingerprint density at radius 1 is 1.36 bits per heavy atom. The van der Waals surface area contributed by atoms with Gasteiger partial charge in [0.25, 0.3) is 5.91 Å². The van der Waals surface area contributed by atoms with Gasteiger partial charge in [-0.3, -0.25) is 4.79 Å². The summed E-state index contributed by atoms with van der Waals surface area (Å²) < 4.78 is 1.56.